The molecule has 3 unspecified atom stereocenters. The van der Waals surface area contributed by atoms with Crippen molar-refractivity contribution < 1.29 is 19.1 Å². The summed E-state index contributed by atoms with van der Waals surface area (Å²) in [4.78, 5) is 14.9. The number of aryl methyl sites for hydroxylation is 1. The van der Waals surface area contributed by atoms with E-state index in [2.05, 4.69) is 41.1 Å². The highest BCUT2D eigenvalue weighted by Gasteiger charge is 2.73. The van der Waals surface area contributed by atoms with Crippen molar-refractivity contribution in [2.45, 2.75) is 121 Å². The number of hydrogen-bond donors (Lipinski definition) is 0. The molecule has 2 fully saturated rings. The predicted octanol–water partition coefficient (Wildman–Crippen LogP) is 5.89. The van der Waals surface area contributed by atoms with Crippen molar-refractivity contribution in [1.29, 1.82) is 0 Å². The van der Waals surface area contributed by atoms with Gasteiger partial charge in [-0.05, 0) is 50.2 Å². The summed E-state index contributed by atoms with van der Waals surface area (Å²) >= 11 is 0. The molecular formula is C33H48N2O3. The van der Waals surface area contributed by atoms with Crippen LogP contribution in [0.1, 0.15) is 112 Å². The van der Waals surface area contributed by atoms with Crippen molar-refractivity contribution in [3.63, 3.8) is 0 Å². The van der Waals surface area contributed by atoms with Crippen LogP contribution >= 0.6 is 0 Å². The van der Waals surface area contributed by atoms with Crippen molar-refractivity contribution >= 4 is 5.78 Å². The number of piperidine rings is 1. The van der Waals surface area contributed by atoms with E-state index < -0.39 is 6.10 Å². The lowest BCUT2D eigenvalue weighted by atomic mass is 9.65. The van der Waals surface area contributed by atoms with Gasteiger partial charge in [-0.25, -0.2) is 0 Å². The van der Waals surface area contributed by atoms with Crippen LogP contribution in [0, 0.1) is 11.3 Å². The van der Waals surface area contributed by atoms with E-state index in [9.17, 15) is 9.90 Å². The van der Waals surface area contributed by atoms with E-state index in [0.29, 0.717) is 16.7 Å². The lowest BCUT2D eigenvalue weighted by Crippen LogP contribution is -2.69. The summed E-state index contributed by atoms with van der Waals surface area (Å²) in [5.74, 6) is 0.279. The summed E-state index contributed by atoms with van der Waals surface area (Å²) in [5, 5.41) is 14.4. The van der Waals surface area contributed by atoms with Crippen LogP contribution in [0.3, 0.4) is 0 Å². The molecule has 0 saturated carbocycles. The molecule has 2 spiro atoms. The molecule has 0 aromatic carbocycles. The SMILES string of the molecule is COC1C2C[C@]34CCCCCCCCCCn5ccc2c5C(=O)[C@@H]3[C@H]2[C@H]([O-])C/C=C\C/C=C\CCC[N+]12C4. The number of quaternary nitrogens is 1. The largest absolute Gasteiger partial charge is 0.847 e. The van der Waals surface area contributed by atoms with Gasteiger partial charge in [0.25, 0.3) is 0 Å². The summed E-state index contributed by atoms with van der Waals surface area (Å²) in [6.07, 6.45) is 25.7. The number of nitrogens with zero attached hydrogens (tertiary/aromatic N) is 2. The van der Waals surface area contributed by atoms with E-state index in [-0.39, 0.29) is 29.5 Å². The minimum atomic E-state index is -0.783. The third-order valence-corrected chi connectivity index (χ3v) is 11.0. The van der Waals surface area contributed by atoms with Crippen molar-refractivity contribution in [2.75, 3.05) is 20.2 Å². The van der Waals surface area contributed by atoms with Gasteiger partial charge in [-0.15, -0.1) is 0 Å². The van der Waals surface area contributed by atoms with E-state index in [1.54, 1.807) is 0 Å². The Morgan fingerprint density at radius 2 is 1.76 bits per heavy atom. The van der Waals surface area contributed by atoms with E-state index in [4.69, 9.17) is 4.74 Å². The second kappa shape index (κ2) is 11.1. The Hall–Kier alpha value is -1.69. The molecule has 208 valence electrons. The molecule has 4 aliphatic heterocycles. The Bertz CT molecular complexity index is 1060. The van der Waals surface area contributed by atoms with Crippen LogP contribution in [-0.2, 0) is 11.3 Å². The number of carbonyl (C=O) groups is 1. The minimum Gasteiger partial charge on any atom is -0.847 e. The molecule has 0 amide bonds. The first-order valence-corrected chi connectivity index (χ1v) is 15.7. The number of rotatable bonds is 1. The molecule has 5 heteroatoms. The highest BCUT2D eigenvalue weighted by molar-refractivity contribution is 6.00. The van der Waals surface area contributed by atoms with Gasteiger partial charge in [0, 0.05) is 31.7 Å². The topological polar surface area (TPSA) is 54.3 Å². The lowest BCUT2D eigenvalue weighted by Gasteiger charge is -2.54. The molecule has 5 nitrogen and oxygen atoms in total. The standard InChI is InChI=1S/C33H48N2O3/c1-38-32-26-23-33-19-14-10-6-2-3-7-11-15-20-34-21-18-25(26)29(34)31(37)28(33)30-27(36)17-13-9-5-4-8-12-16-22-35(30,32)24-33/h4,8-9,13,18,21,26-28,30,32H,2-3,5-7,10-12,14-17,19-20,22-24H2,1H3/b8-4-,13-9-/t26?,27-,28+,30-,32?,33+,35?/m1/s1. The molecule has 7 atom stereocenters. The molecule has 38 heavy (non-hydrogen) atoms. The van der Waals surface area contributed by atoms with Gasteiger partial charge in [0.1, 0.15) is 0 Å². The first kappa shape index (κ1) is 26.5. The Morgan fingerprint density at radius 3 is 2.58 bits per heavy atom. The molecule has 1 aromatic rings. The third-order valence-electron chi connectivity index (χ3n) is 11.0. The number of carbonyl (C=O) groups excluding carboxylic acids is 1. The lowest BCUT2D eigenvalue weighted by molar-refractivity contribution is -0.997. The molecule has 0 N–H and O–H groups in total. The van der Waals surface area contributed by atoms with E-state index in [0.717, 1.165) is 63.9 Å². The van der Waals surface area contributed by atoms with Crippen LogP contribution < -0.4 is 5.11 Å². The molecule has 1 aliphatic carbocycles. The number of hydrogen-bond acceptors (Lipinski definition) is 3. The van der Waals surface area contributed by atoms with Crippen LogP contribution in [0.25, 0.3) is 0 Å². The molecule has 2 saturated heterocycles. The van der Waals surface area contributed by atoms with Gasteiger partial charge >= 0.3 is 0 Å². The molecule has 5 heterocycles. The fraction of sp³-hybridized carbons (Fsp3) is 0.727. The summed E-state index contributed by atoms with van der Waals surface area (Å²) in [7, 11) is 1.86. The average molecular weight is 521 g/mol. The minimum absolute atomic E-state index is 0.0490. The Balaban J connectivity index is 1.51. The van der Waals surface area contributed by atoms with E-state index in [1.165, 1.54) is 50.5 Å². The molecule has 0 radical (unpaired) electrons. The number of ketones is 1. The van der Waals surface area contributed by atoms with Crippen LogP contribution in [0.2, 0.25) is 0 Å². The van der Waals surface area contributed by atoms with Crippen molar-refractivity contribution in [3.8, 4) is 0 Å². The summed E-state index contributed by atoms with van der Waals surface area (Å²) in [6.45, 7) is 2.79. The summed E-state index contributed by atoms with van der Waals surface area (Å²) in [6, 6.07) is 2.03. The monoisotopic (exact) mass is 520 g/mol. The number of Topliss-reactive ketones (excluding diaryl/α,β-unsaturated/α-hetero) is 1. The number of ether oxygens (including phenoxy) is 1. The van der Waals surface area contributed by atoms with Crippen LogP contribution in [0.15, 0.2) is 36.6 Å². The van der Waals surface area contributed by atoms with Gasteiger partial charge in [0.15, 0.2) is 12.0 Å². The Kier molecular flexibility index (Phi) is 7.72. The summed E-state index contributed by atoms with van der Waals surface area (Å²) < 4.78 is 9.47. The maximum Gasteiger partial charge on any atom is 0.200 e. The molecule has 1 aromatic heterocycles. The van der Waals surface area contributed by atoms with Crippen molar-refractivity contribution in [1.82, 2.24) is 4.57 Å². The molecule has 5 aliphatic rings. The number of allylic oxidation sites excluding steroid dienone is 3. The van der Waals surface area contributed by atoms with E-state index in [1.807, 2.05) is 7.11 Å². The van der Waals surface area contributed by atoms with Crippen LogP contribution in [0.5, 0.6) is 0 Å². The fourth-order valence-corrected chi connectivity index (χ4v) is 9.59. The maximum atomic E-state index is 14.9. The quantitative estimate of drug-likeness (QED) is 0.343. The van der Waals surface area contributed by atoms with E-state index >= 15 is 0 Å². The zero-order valence-electron chi connectivity index (χ0n) is 23.5. The predicted molar refractivity (Wildman–Crippen MR) is 149 cm³/mol. The first-order valence-electron chi connectivity index (χ1n) is 15.7. The number of aromatic nitrogens is 1. The first-order chi connectivity index (χ1) is 18.6. The van der Waals surface area contributed by atoms with Gasteiger partial charge in [-0.3, -0.25) is 9.28 Å². The molecule has 6 rings (SSSR count). The zero-order chi connectivity index (χ0) is 26.2. The average Bonchev–Trinajstić information content (AvgIpc) is 3.40. The van der Waals surface area contributed by atoms with Gasteiger partial charge in [-0.1, -0.05) is 75.4 Å². The van der Waals surface area contributed by atoms with Gasteiger partial charge in [0.05, 0.1) is 36.7 Å². The molecule has 4 bridgehead atoms. The van der Waals surface area contributed by atoms with Crippen molar-refractivity contribution in [2.24, 2.45) is 11.3 Å². The Labute approximate surface area is 229 Å². The number of fused-ring (bicyclic) bond motifs is 2. The maximum absolute atomic E-state index is 14.9. The zero-order valence-corrected chi connectivity index (χ0v) is 23.5. The van der Waals surface area contributed by atoms with Gasteiger partial charge in [0.2, 0.25) is 0 Å². The smallest absolute Gasteiger partial charge is 0.200 e. The normalized spacial score (nSPS) is 41.7. The van der Waals surface area contributed by atoms with Gasteiger partial charge < -0.3 is 14.4 Å². The van der Waals surface area contributed by atoms with Crippen LogP contribution in [-0.4, -0.2) is 53.4 Å². The van der Waals surface area contributed by atoms with Gasteiger partial charge in [-0.2, -0.15) is 0 Å². The third kappa shape index (κ3) is 4.37. The second-order valence-corrected chi connectivity index (χ2v) is 13.1. The Morgan fingerprint density at radius 1 is 1.00 bits per heavy atom. The van der Waals surface area contributed by atoms with Crippen LogP contribution in [0.4, 0.5) is 0 Å². The summed E-state index contributed by atoms with van der Waals surface area (Å²) in [5.41, 5.74) is 2.05. The molecular weight excluding hydrogens is 472 g/mol. The highest BCUT2D eigenvalue weighted by Crippen LogP contribution is 2.64. The number of methoxy groups -OCH3 is 1. The second-order valence-electron chi connectivity index (χ2n) is 13.1. The fourth-order valence-electron chi connectivity index (χ4n) is 9.59. The van der Waals surface area contributed by atoms with Crippen molar-refractivity contribution in [3.05, 3.63) is 47.8 Å². The highest BCUT2D eigenvalue weighted by atomic mass is 16.5.